The lowest BCUT2D eigenvalue weighted by Crippen LogP contribution is -2.18. The first-order valence-corrected chi connectivity index (χ1v) is 15.7. The Kier molecular flexibility index (Phi) is 5.72. The SMILES string of the molecule is CC1(c2c3nc(c(C4(C)N=CC=N4)c4ccc([nH]4)c(C4(C)N=CC=N4)c4ccc([nH]4)c(C4(C)N=CC=N4)c4nc2C=C4)C=C3)N=CC=N1. The van der Waals surface area contributed by atoms with Crippen LogP contribution in [0.3, 0.4) is 0 Å². The van der Waals surface area contributed by atoms with Gasteiger partial charge in [-0.3, -0.25) is 39.9 Å². The highest BCUT2D eigenvalue weighted by Crippen LogP contribution is 2.42. The van der Waals surface area contributed by atoms with Crippen LogP contribution in [0.15, 0.2) is 64.2 Å². The van der Waals surface area contributed by atoms with E-state index < -0.39 is 22.7 Å². The van der Waals surface area contributed by atoms with Crippen LogP contribution in [0.4, 0.5) is 0 Å². The Morgan fingerprint density at radius 2 is 0.604 bits per heavy atom. The second kappa shape index (κ2) is 9.74. The van der Waals surface area contributed by atoms with Gasteiger partial charge in [0.25, 0.3) is 0 Å². The minimum absolute atomic E-state index is 0.709. The van der Waals surface area contributed by atoms with Crippen LogP contribution in [-0.2, 0) is 22.7 Å². The van der Waals surface area contributed by atoms with Gasteiger partial charge in [-0.05, 0) is 76.3 Å². The van der Waals surface area contributed by atoms with E-state index in [-0.39, 0.29) is 0 Å². The largest absolute Gasteiger partial charge is 0.355 e. The number of aliphatic imine (C=N–C) groups is 8. The standard InChI is InChI=1S/C36H30N12/c1-33(37-13-14-38-33)29-21-5-7-23(45-21)30(34(2)39-15-16-40-34)25-9-11-27(47-25)32(36(4)43-19-20-44-36)28-12-10-26(48-28)31(24-8-6-22(29)46-24)35(3)41-17-18-42-35/h5-20,45-46H,1-4H3. The molecule has 0 aromatic carbocycles. The molecule has 234 valence electrons. The van der Waals surface area contributed by atoms with Gasteiger partial charge in [-0.15, -0.1) is 0 Å². The van der Waals surface area contributed by atoms with Crippen molar-refractivity contribution in [1.82, 2.24) is 19.9 Å². The highest BCUT2D eigenvalue weighted by molar-refractivity contribution is 6.19. The molecule has 0 saturated heterocycles. The number of aromatic amines is 2. The molecule has 12 heteroatoms. The molecule has 0 saturated carbocycles. The molecule has 0 spiro atoms. The monoisotopic (exact) mass is 630 g/mol. The number of fused-ring (bicyclic) bond motifs is 8. The molecule has 6 aliphatic heterocycles. The van der Waals surface area contributed by atoms with Crippen LogP contribution in [0.1, 0.15) is 72.7 Å². The van der Waals surface area contributed by atoms with Crippen LogP contribution in [0.25, 0.3) is 46.4 Å². The minimum Gasteiger partial charge on any atom is -0.355 e. The molecule has 12 nitrogen and oxygen atoms in total. The van der Waals surface area contributed by atoms with E-state index in [1.807, 2.05) is 64.1 Å². The number of aromatic nitrogens is 4. The Morgan fingerprint density at radius 3 is 0.938 bits per heavy atom. The first kappa shape index (κ1) is 28.2. The van der Waals surface area contributed by atoms with E-state index in [2.05, 4.69) is 22.1 Å². The van der Waals surface area contributed by atoms with Gasteiger partial charge in [0, 0.05) is 77.3 Å². The molecule has 48 heavy (non-hydrogen) atoms. The maximum atomic E-state index is 5.24. The van der Waals surface area contributed by atoms with Crippen LogP contribution in [0.2, 0.25) is 0 Å². The van der Waals surface area contributed by atoms with E-state index in [0.717, 1.165) is 55.7 Å². The highest BCUT2D eigenvalue weighted by Gasteiger charge is 2.37. The molecule has 0 atom stereocenters. The van der Waals surface area contributed by atoms with Crippen LogP contribution < -0.4 is 0 Å². The molecule has 6 aliphatic rings. The van der Waals surface area contributed by atoms with Gasteiger partial charge in [-0.25, -0.2) is 9.97 Å². The Hall–Kier alpha value is -6.04. The molecule has 2 N–H and O–H groups in total. The van der Waals surface area contributed by atoms with Crippen molar-refractivity contribution < 1.29 is 0 Å². The third-order valence-electron chi connectivity index (χ3n) is 9.52. The number of hydrogen-bond donors (Lipinski definition) is 2. The second-order valence-corrected chi connectivity index (χ2v) is 12.8. The Labute approximate surface area is 275 Å². The quantitative estimate of drug-likeness (QED) is 0.251. The second-order valence-electron chi connectivity index (χ2n) is 12.8. The van der Waals surface area contributed by atoms with Crippen molar-refractivity contribution in [1.29, 1.82) is 0 Å². The average Bonchev–Trinajstić information content (AvgIpc) is 3.87. The molecule has 3 aromatic heterocycles. The zero-order chi connectivity index (χ0) is 32.7. The topological polar surface area (TPSA) is 156 Å². The fourth-order valence-corrected chi connectivity index (χ4v) is 7.28. The van der Waals surface area contributed by atoms with Crippen molar-refractivity contribution in [3.8, 4) is 0 Å². The van der Waals surface area contributed by atoms with E-state index in [1.165, 1.54) is 0 Å². The summed E-state index contributed by atoms with van der Waals surface area (Å²) in [6, 6.07) is 8.19. The van der Waals surface area contributed by atoms with Gasteiger partial charge in [0.1, 0.15) is 0 Å². The zero-order valence-corrected chi connectivity index (χ0v) is 26.7. The van der Waals surface area contributed by atoms with Crippen LogP contribution in [0, 0.1) is 0 Å². The van der Waals surface area contributed by atoms with Crippen molar-refractivity contribution >= 4 is 96.1 Å². The van der Waals surface area contributed by atoms with Crippen molar-refractivity contribution in [2.75, 3.05) is 0 Å². The fourth-order valence-electron chi connectivity index (χ4n) is 7.28. The number of nitrogens with zero attached hydrogens (tertiary/aromatic N) is 10. The lowest BCUT2D eigenvalue weighted by Gasteiger charge is -2.21. The summed E-state index contributed by atoms with van der Waals surface area (Å²) >= 11 is 0. The van der Waals surface area contributed by atoms with Crippen molar-refractivity contribution in [2.24, 2.45) is 39.9 Å². The van der Waals surface area contributed by atoms with Gasteiger partial charge >= 0.3 is 0 Å². The average molecular weight is 631 g/mol. The maximum absolute atomic E-state index is 5.24. The highest BCUT2D eigenvalue weighted by atomic mass is 15.1. The molecule has 8 bridgehead atoms. The lowest BCUT2D eigenvalue weighted by atomic mass is 9.99. The summed E-state index contributed by atoms with van der Waals surface area (Å²) in [5.41, 5.74) is 5.90. The molecular weight excluding hydrogens is 600 g/mol. The Morgan fingerprint density at radius 1 is 0.354 bits per heavy atom. The van der Waals surface area contributed by atoms with E-state index in [1.54, 1.807) is 49.7 Å². The molecule has 0 fully saturated rings. The van der Waals surface area contributed by atoms with Crippen LogP contribution >= 0.6 is 0 Å². The Bertz CT molecular complexity index is 2240. The molecule has 9 rings (SSSR count). The van der Waals surface area contributed by atoms with Crippen molar-refractivity contribution in [2.45, 2.75) is 50.3 Å². The first-order valence-electron chi connectivity index (χ1n) is 15.7. The first-order chi connectivity index (χ1) is 23.2. The van der Waals surface area contributed by atoms with E-state index in [9.17, 15) is 0 Å². The molecular formula is C36H30N12. The minimum atomic E-state index is -0.926. The van der Waals surface area contributed by atoms with Gasteiger partial charge in [0.2, 0.25) is 0 Å². The summed E-state index contributed by atoms with van der Waals surface area (Å²) in [7, 11) is 0. The molecule has 0 amide bonds. The Balaban J connectivity index is 1.49. The van der Waals surface area contributed by atoms with E-state index in [4.69, 9.17) is 49.9 Å². The summed E-state index contributed by atoms with van der Waals surface area (Å²) in [4.78, 5) is 56.2. The van der Waals surface area contributed by atoms with Gasteiger partial charge in [-0.1, -0.05) is 0 Å². The molecule has 9 heterocycles. The maximum Gasteiger partial charge on any atom is 0.177 e. The predicted octanol–water partition coefficient (Wildman–Crippen LogP) is 5.97. The number of rotatable bonds is 4. The molecule has 0 aliphatic carbocycles. The van der Waals surface area contributed by atoms with Gasteiger partial charge < -0.3 is 9.97 Å². The summed E-state index contributed by atoms with van der Waals surface area (Å²) in [5, 5.41) is 0. The normalized spacial score (nSPS) is 20.8. The summed E-state index contributed by atoms with van der Waals surface area (Å²) in [5.74, 6) is 0. The number of H-pyrrole nitrogens is 2. The molecule has 0 radical (unpaired) electrons. The third-order valence-corrected chi connectivity index (χ3v) is 9.52. The lowest BCUT2D eigenvalue weighted by molar-refractivity contribution is 0.535. The number of hydrogen-bond acceptors (Lipinski definition) is 10. The van der Waals surface area contributed by atoms with Crippen LogP contribution in [0.5, 0.6) is 0 Å². The molecule has 3 aromatic rings. The van der Waals surface area contributed by atoms with Crippen molar-refractivity contribution in [3.63, 3.8) is 0 Å². The summed E-state index contributed by atoms with van der Waals surface area (Å²) < 4.78 is 0. The molecule has 0 unspecified atom stereocenters. The van der Waals surface area contributed by atoms with Gasteiger partial charge in [0.05, 0.1) is 39.5 Å². The zero-order valence-electron chi connectivity index (χ0n) is 26.7. The van der Waals surface area contributed by atoms with Crippen LogP contribution in [-0.4, -0.2) is 69.7 Å². The fraction of sp³-hybridized carbons (Fsp3) is 0.222. The summed E-state index contributed by atoms with van der Waals surface area (Å²) in [6.45, 7) is 7.94. The van der Waals surface area contributed by atoms with E-state index >= 15 is 0 Å². The summed E-state index contributed by atoms with van der Waals surface area (Å²) in [6.07, 6.45) is 21.8. The number of nitrogens with one attached hydrogen (secondary N) is 2. The predicted molar refractivity (Wildman–Crippen MR) is 196 cm³/mol. The van der Waals surface area contributed by atoms with E-state index in [0.29, 0.717) is 11.4 Å². The van der Waals surface area contributed by atoms with Crippen molar-refractivity contribution in [3.05, 3.63) is 69.3 Å². The third kappa shape index (κ3) is 4.08. The smallest absolute Gasteiger partial charge is 0.177 e. The van der Waals surface area contributed by atoms with Gasteiger partial charge in [-0.2, -0.15) is 0 Å². The van der Waals surface area contributed by atoms with Gasteiger partial charge in [0.15, 0.2) is 22.7 Å².